The highest BCUT2D eigenvalue weighted by Gasteiger charge is 2.21. The van der Waals surface area contributed by atoms with Crippen molar-refractivity contribution in [3.05, 3.63) is 41.9 Å². The first kappa shape index (κ1) is 15.1. The molecule has 0 spiro atoms. The number of nitrogens with zero attached hydrogens (tertiary/aromatic N) is 3. The minimum absolute atomic E-state index is 0.00512. The summed E-state index contributed by atoms with van der Waals surface area (Å²) in [6, 6.07) is 3.97. The van der Waals surface area contributed by atoms with Crippen LogP contribution < -0.4 is 5.32 Å². The normalized spacial score (nSPS) is 10.6. The fourth-order valence-electron chi connectivity index (χ4n) is 1.66. The standard InChI is InChI=1S/C11H10BrClN4O2S/c1-6-9(17(18)19)10(16-11(13)15-6)14-5-4-7-2-3-8(12)20-7/h2-3H,4-5H2,1H3,(H,14,15,16). The number of hydrogen-bond acceptors (Lipinski definition) is 6. The topological polar surface area (TPSA) is 81.0 Å². The minimum Gasteiger partial charge on any atom is -0.364 e. The Morgan fingerprint density at radius 1 is 1.50 bits per heavy atom. The highest BCUT2D eigenvalue weighted by atomic mass is 79.9. The van der Waals surface area contributed by atoms with Crippen molar-refractivity contribution in [2.75, 3.05) is 11.9 Å². The van der Waals surface area contributed by atoms with Crippen LogP contribution in [0, 0.1) is 17.0 Å². The van der Waals surface area contributed by atoms with Crippen LogP contribution >= 0.6 is 38.9 Å². The van der Waals surface area contributed by atoms with E-state index in [2.05, 4.69) is 31.2 Å². The Bertz CT molecular complexity index is 649. The Labute approximate surface area is 132 Å². The summed E-state index contributed by atoms with van der Waals surface area (Å²) >= 11 is 10.8. The quantitative estimate of drug-likeness (QED) is 0.486. The number of halogens is 2. The van der Waals surface area contributed by atoms with Gasteiger partial charge in [-0.25, -0.2) is 4.98 Å². The highest BCUT2D eigenvalue weighted by Crippen LogP contribution is 2.27. The van der Waals surface area contributed by atoms with Crippen LogP contribution in [0.1, 0.15) is 10.6 Å². The molecule has 106 valence electrons. The van der Waals surface area contributed by atoms with Crippen molar-refractivity contribution in [2.24, 2.45) is 0 Å². The predicted molar refractivity (Wildman–Crippen MR) is 82.6 cm³/mol. The van der Waals surface area contributed by atoms with Gasteiger partial charge in [-0.05, 0) is 53.0 Å². The van der Waals surface area contributed by atoms with E-state index in [1.54, 1.807) is 11.3 Å². The summed E-state index contributed by atoms with van der Waals surface area (Å²) in [6.07, 6.45) is 0.744. The van der Waals surface area contributed by atoms with Gasteiger partial charge in [0.1, 0.15) is 5.69 Å². The first-order valence-electron chi connectivity index (χ1n) is 5.64. The van der Waals surface area contributed by atoms with Gasteiger partial charge in [0, 0.05) is 11.4 Å². The van der Waals surface area contributed by atoms with E-state index in [0.29, 0.717) is 6.54 Å². The molecule has 0 aliphatic rings. The molecule has 2 aromatic rings. The molecule has 0 unspecified atom stereocenters. The zero-order valence-electron chi connectivity index (χ0n) is 10.4. The lowest BCUT2D eigenvalue weighted by Crippen LogP contribution is -2.10. The number of rotatable bonds is 5. The van der Waals surface area contributed by atoms with Crippen molar-refractivity contribution in [2.45, 2.75) is 13.3 Å². The van der Waals surface area contributed by atoms with E-state index in [4.69, 9.17) is 11.6 Å². The van der Waals surface area contributed by atoms with Gasteiger partial charge in [0.15, 0.2) is 0 Å². The van der Waals surface area contributed by atoms with Crippen LogP contribution in [-0.4, -0.2) is 21.4 Å². The van der Waals surface area contributed by atoms with Crippen LogP contribution in [0.2, 0.25) is 5.28 Å². The molecule has 0 aromatic carbocycles. The summed E-state index contributed by atoms with van der Waals surface area (Å²) in [5, 5.41) is 14.0. The number of anilines is 1. The molecule has 0 bridgehead atoms. The van der Waals surface area contributed by atoms with E-state index in [0.717, 1.165) is 10.2 Å². The largest absolute Gasteiger partial charge is 0.364 e. The number of hydrogen-bond donors (Lipinski definition) is 1. The zero-order chi connectivity index (χ0) is 14.7. The van der Waals surface area contributed by atoms with Gasteiger partial charge < -0.3 is 5.32 Å². The molecule has 0 fully saturated rings. The van der Waals surface area contributed by atoms with Crippen LogP contribution in [0.4, 0.5) is 11.5 Å². The zero-order valence-corrected chi connectivity index (χ0v) is 13.5. The molecule has 2 aromatic heterocycles. The molecule has 2 heterocycles. The van der Waals surface area contributed by atoms with Crippen molar-refractivity contribution in [1.82, 2.24) is 9.97 Å². The maximum atomic E-state index is 11.0. The average Bonchev–Trinajstić information content (AvgIpc) is 2.73. The molecule has 6 nitrogen and oxygen atoms in total. The molecule has 9 heteroatoms. The van der Waals surface area contributed by atoms with Gasteiger partial charge in [0.2, 0.25) is 11.1 Å². The van der Waals surface area contributed by atoms with Crippen molar-refractivity contribution >= 4 is 50.4 Å². The number of nitrogens with one attached hydrogen (secondary N) is 1. The molecule has 0 saturated carbocycles. The Balaban J connectivity index is 2.10. The molecule has 0 saturated heterocycles. The summed E-state index contributed by atoms with van der Waals surface area (Å²) in [5.74, 6) is 0.156. The summed E-state index contributed by atoms with van der Waals surface area (Å²) in [7, 11) is 0. The van der Waals surface area contributed by atoms with Gasteiger partial charge in [-0.2, -0.15) is 4.98 Å². The number of thiophene rings is 1. The van der Waals surface area contributed by atoms with E-state index in [1.165, 1.54) is 11.8 Å². The van der Waals surface area contributed by atoms with Gasteiger partial charge in [-0.15, -0.1) is 11.3 Å². The molecule has 0 aliphatic carbocycles. The van der Waals surface area contributed by atoms with Crippen LogP contribution in [0.15, 0.2) is 15.9 Å². The van der Waals surface area contributed by atoms with Crippen LogP contribution in [-0.2, 0) is 6.42 Å². The van der Waals surface area contributed by atoms with E-state index in [-0.39, 0.29) is 22.5 Å². The predicted octanol–water partition coefficient (Wildman–Crippen LogP) is 3.83. The fourth-order valence-corrected chi connectivity index (χ4v) is 3.36. The molecule has 0 aliphatic heterocycles. The third-order valence-corrected chi connectivity index (χ3v) is 4.36. The van der Waals surface area contributed by atoms with Gasteiger partial charge in [0.05, 0.1) is 8.71 Å². The van der Waals surface area contributed by atoms with E-state index < -0.39 is 4.92 Å². The van der Waals surface area contributed by atoms with E-state index in [9.17, 15) is 10.1 Å². The van der Waals surface area contributed by atoms with E-state index >= 15 is 0 Å². The Morgan fingerprint density at radius 2 is 2.25 bits per heavy atom. The second-order valence-electron chi connectivity index (χ2n) is 3.91. The van der Waals surface area contributed by atoms with Gasteiger partial charge in [-0.3, -0.25) is 10.1 Å². The first-order valence-corrected chi connectivity index (χ1v) is 7.62. The molecular formula is C11H10BrClN4O2S. The molecule has 1 N–H and O–H groups in total. The molecule has 0 atom stereocenters. The third-order valence-electron chi connectivity index (χ3n) is 2.51. The lowest BCUT2D eigenvalue weighted by atomic mass is 10.3. The molecule has 0 amide bonds. The number of aryl methyl sites for hydroxylation is 1. The second-order valence-corrected chi connectivity index (χ2v) is 6.80. The summed E-state index contributed by atoms with van der Waals surface area (Å²) in [5.41, 5.74) is 0.109. The van der Waals surface area contributed by atoms with Crippen LogP contribution in [0.5, 0.6) is 0 Å². The van der Waals surface area contributed by atoms with Gasteiger partial charge >= 0.3 is 5.69 Å². The highest BCUT2D eigenvalue weighted by molar-refractivity contribution is 9.11. The lowest BCUT2D eigenvalue weighted by molar-refractivity contribution is -0.385. The Morgan fingerprint density at radius 3 is 2.85 bits per heavy atom. The summed E-state index contributed by atoms with van der Waals surface area (Å²) < 4.78 is 1.06. The number of aromatic nitrogens is 2. The Kier molecular flexibility index (Phi) is 4.90. The second kappa shape index (κ2) is 6.47. The van der Waals surface area contributed by atoms with Gasteiger partial charge in [0.25, 0.3) is 0 Å². The van der Waals surface area contributed by atoms with Crippen molar-refractivity contribution in [3.8, 4) is 0 Å². The molecule has 20 heavy (non-hydrogen) atoms. The summed E-state index contributed by atoms with van der Waals surface area (Å²) in [6.45, 7) is 2.06. The monoisotopic (exact) mass is 376 g/mol. The summed E-state index contributed by atoms with van der Waals surface area (Å²) in [4.78, 5) is 19.4. The maximum Gasteiger partial charge on any atom is 0.332 e. The first-order chi connectivity index (χ1) is 9.47. The average molecular weight is 378 g/mol. The molecule has 0 radical (unpaired) electrons. The number of nitro groups is 1. The maximum absolute atomic E-state index is 11.0. The molecular weight excluding hydrogens is 368 g/mol. The van der Waals surface area contributed by atoms with Crippen molar-refractivity contribution in [3.63, 3.8) is 0 Å². The minimum atomic E-state index is -0.504. The van der Waals surface area contributed by atoms with E-state index in [1.807, 2.05) is 12.1 Å². The third kappa shape index (κ3) is 3.65. The van der Waals surface area contributed by atoms with Crippen LogP contribution in [0.25, 0.3) is 0 Å². The van der Waals surface area contributed by atoms with Crippen LogP contribution in [0.3, 0.4) is 0 Å². The van der Waals surface area contributed by atoms with Crippen molar-refractivity contribution in [1.29, 1.82) is 0 Å². The van der Waals surface area contributed by atoms with Crippen molar-refractivity contribution < 1.29 is 4.92 Å². The SMILES string of the molecule is Cc1nc(Cl)nc(NCCc2ccc(Br)s2)c1[N+](=O)[O-]. The van der Waals surface area contributed by atoms with Gasteiger partial charge in [-0.1, -0.05) is 0 Å². The Hall–Kier alpha value is -1.25. The lowest BCUT2D eigenvalue weighted by Gasteiger charge is -2.07. The fraction of sp³-hybridized carbons (Fsp3) is 0.273. The smallest absolute Gasteiger partial charge is 0.332 e. The molecule has 2 rings (SSSR count).